The van der Waals surface area contributed by atoms with Crippen LogP contribution in [0.15, 0.2) is 4.99 Å². The van der Waals surface area contributed by atoms with Gasteiger partial charge in [-0.25, -0.2) is 0 Å². The van der Waals surface area contributed by atoms with Crippen molar-refractivity contribution in [2.45, 2.75) is 46.0 Å². The molecule has 2 fully saturated rings. The maximum absolute atomic E-state index is 5.81. The van der Waals surface area contributed by atoms with Crippen molar-refractivity contribution in [2.24, 2.45) is 16.8 Å². The average molecular weight is 369 g/mol. The Hall–Kier alpha value is -0.850. The molecule has 0 aromatic heterocycles. The van der Waals surface area contributed by atoms with Gasteiger partial charge in [0.1, 0.15) is 0 Å². The lowest BCUT2D eigenvalue weighted by atomic mass is 10.0. The van der Waals surface area contributed by atoms with Gasteiger partial charge in [-0.3, -0.25) is 4.99 Å². The Balaban J connectivity index is 1.53. The first-order valence-electron chi connectivity index (χ1n) is 10.7. The summed E-state index contributed by atoms with van der Waals surface area (Å²) in [5.74, 6) is 2.46. The van der Waals surface area contributed by atoms with Gasteiger partial charge in [-0.1, -0.05) is 6.92 Å². The summed E-state index contributed by atoms with van der Waals surface area (Å²) in [6.07, 6.45) is 5.97. The van der Waals surface area contributed by atoms with Crippen LogP contribution < -0.4 is 10.6 Å². The number of guanidine groups is 1. The van der Waals surface area contributed by atoms with Gasteiger partial charge < -0.3 is 25.0 Å². The van der Waals surface area contributed by atoms with Gasteiger partial charge >= 0.3 is 0 Å². The van der Waals surface area contributed by atoms with E-state index in [1.807, 2.05) is 0 Å². The summed E-state index contributed by atoms with van der Waals surface area (Å²) in [6.45, 7) is 14.2. The molecule has 0 spiro atoms. The Morgan fingerprint density at radius 3 is 2.85 bits per heavy atom. The molecule has 2 aliphatic heterocycles. The third-order valence-corrected chi connectivity index (χ3v) is 5.22. The normalized spacial score (nSPS) is 23.2. The lowest BCUT2D eigenvalue weighted by molar-refractivity contribution is 0.0205. The van der Waals surface area contributed by atoms with Gasteiger partial charge in [-0.2, -0.15) is 0 Å². The highest BCUT2D eigenvalue weighted by Crippen LogP contribution is 2.15. The predicted octanol–water partition coefficient (Wildman–Crippen LogP) is 2.11. The quantitative estimate of drug-likeness (QED) is 0.351. The molecule has 6 nitrogen and oxygen atoms in total. The molecule has 0 bridgehead atoms. The molecule has 0 radical (unpaired) electrons. The van der Waals surface area contributed by atoms with Crippen molar-refractivity contribution in [1.29, 1.82) is 0 Å². The van der Waals surface area contributed by atoms with Crippen molar-refractivity contribution in [3.05, 3.63) is 0 Å². The molecular weight excluding hydrogens is 328 g/mol. The molecule has 6 heteroatoms. The minimum Gasteiger partial charge on any atom is -0.381 e. The van der Waals surface area contributed by atoms with E-state index < -0.39 is 0 Å². The van der Waals surface area contributed by atoms with Gasteiger partial charge in [0.25, 0.3) is 0 Å². The SMILES string of the molecule is CCNC(=NCCCOCC1CCOCC1)NCCN1CCCC(C)C1. The van der Waals surface area contributed by atoms with Crippen LogP contribution in [0.5, 0.6) is 0 Å². The monoisotopic (exact) mass is 368 g/mol. The van der Waals surface area contributed by atoms with E-state index in [-0.39, 0.29) is 0 Å². The van der Waals surface area contributed by atoms with Crippen LogP contribution in [0, 0.1) is 11.8 Å². The first-order valence-corrected chi connectivity index (χ1v) is 10.7. The number of nitrogens with zero attached hydrogens (tertiary/aromatic N) is 2. The van der Waals surface area contributed by atoms with Crippen molar-refractivity contribution in [3.63, 3.8) is 0 Å². The Bertz CT molecular complexity index is 386. The van der Waals surface area contributed by atoms with E-state index in [0.29, 0.717) is 5.92 Å². The zero-order chi connectivity index (χ0) is 18.5. The second-order valence-electron chi connectivity index (χ2n) is 7.72. The van der Waals surface area contributed by atoms with Crippen molar-refractivity contribution in [2.75, 3.05) is 65.7 Å². The fourth-order valence-electron chi connectivity index (χ4n) is 3.68. The van der Waals surface area contributed by atoms with E-state index in [2.05, 4.69) is 34.4 Å². The van der Waals surface area contributed by atoms with Crippen LogP contribution in [-0.2, 0) is 9.47 Å². The van der Waals surface area contributed by atoms with Crippen LogP contribution in [0.4, 0.5) is 0 Å². The maximum atomic E-state index is 5.81. The lowest BCUT2D eigenvalue weighted by Crippen LogP contribution is -2.43. The summed E-state index contributed by atoms with van der Waals surface area (Å²) in [4.78, 5) is 7.24. The molecule has 0 amide bonds. The second-order valence-corrected chi connectivity index (χ2v) is 7.72. The van der Waals surface area contributed by atoms with E-state index in [9.17, 15) is 0 Å². The molecule has 2 rings (SSSR count). The number of rotatable bonds is 10. The van der Waals surface area contributed by atoms with Crippen molar-refractivity contribution in [3.8, 4) is 0 Å². The molecule has 2 saturated heterocycles. The molecule has 2 N–H and O–H groups in total. The topological polar surface area (TPSA) is 58.1 Å². The number of likely N-dealkylation sites (tertiary alicyclic amines) is 1. The number of nitrogens with one attached hydrogen (secondary N) is 2. The van der Waals surface area contributed by atoms with Gasteiger partial charge in [0.05, 0.1) is 0 Å². The summed E-state index contributed by atoms with van der Waals surface area (Å²) in [6, 6.07) is 0. The van der Waals surface area contributed by atoms with E-state index in [1.165, 1.54) is 25.9 Å². The zero-order valence-electron chi connectivity index (χ0n) is 17.0. The Morgan fingerprint density at radius 1 is 1.23 bits per heavy atom. The highest BCUT2D eigenvalue weighted by Gasteiger charge is 2.15. The van der Waals surface area contributed by atoms with Crippen LogP contribution in [0.1, 0.15) is 46.0 Å². The number of aliphatic imine (C=N–C) groups is 1. The molecule has 0 saturated carbocycles. The highest BCUT2D eigenvalue weighted by molar-refractivity contribution is 5.79. The number of hydrogen-bond acceptors (Lipinski definition) is 4. The largest absolute Gasteiger partial charge is 0.381 e. The van der Waals surface area contributed by atoms with E-state index in [4.69, 9.17) is 9.47 Å². The smallest absolute Gasteiger partial charge is 0.191 e. The molecule has 1 unspecified atom stereocenters. The van der Waals surface area contributed by atoms with Gasteiger partial charge in [0.15, 0.2) is 5.96 Å². The van der Waals surface area contributed by atoms with Gasteiger partial charge in [0.2, 0.25) is 0 Å². The van der Waals surface area contributed by atoms with E-state index in [1.54, 1.807) is 0 Å². The maximum Gasteiger partial charge on any atom is 0.191 e. The third kappa shape index (κ3) is 9.19. The number of piperidine rings is 1. The van der Waals surface area contributed by atoms with E-state index in [0.717, 1.165) is 83.7 Å². The van der Waals surface area contributed by atoms with Crippen molar-refractivity contribution >= 4 is 5.96 Å². The Labute approximate surface area is 160 Å². The fourth-order valence-corrected chi connectivity index (χ4v) is 3.68. The van der Waals surface area contributed by atoms with Crippen molar-refractivity contribution in [1.82, 2.24) is 15.5 Å². The average Bonchev–Trinajstić information content (AvgIpc) is 2.65. The summed E-state index contributed by atoms with van der Waals surface area (Å²) in [5.41, 5.74) is 0. The third-order valence-electron chi connectivity index (χ3n) is 5.22. The summed E-state index contributed by atoms with van der Waals surface area (Å²) in [7, 11) is 0. The molecule has 2 aliphatic rings. The van der Waals surface area contributed by atoms with Crippen LogP contribution in [-0.4, -0.2) is 76.6 Å². The van der Waals surface area contributed by atoms with Crippen molar-refractivity contribution < 1.29 is 9.47 Å². The van der Waals surface area contributed by atoms with Gasteiger partial charge in [0, 0.05) is 59.2 Å². The second kappa shape index (κ2) is 13.3. The van der Waals surface area contributed by atoms with E-state index >= 15 is 0 Å². The Morgan fingerprint density at radius 2 is 2.08 bits per heavy atom. The predicted molar refractivity (Wildman–Crippen MR) is 108 cm³/mol. The molecule has 26 heavy (non-hydrogen) atoms. The summed E-state index contributed by atoms with van der Waals surface area (Å²) in [5, 5.41) is 6.81. The molecular formula is C20H40N4O2. The van der Waals surface area contributed by atoms with Crippen LogP contribution in [0.25, 0.3) is 0 Å². The fraction of sp³-hybridized carbons (Fsp3) is 0.950. The molecule has 152 valence electrons. The standard InChI is InChI=1S/C20H40N4O2/c1-3-21-20(23-10-12-24-11-4-6-18(2)16-24)22-9-5-13-26-17-19-7-14-25-15-8-19/h18-19H,3-17H2,1-2H3,(H2,21,22,23). The molecule has 0 aromatic carbocycles. The summed E-state index contributed by atoms with van der Waals surface area (Å²) >= 11 is 0. The highest BCUT2D eigenvalue weighted by atomic mass is 16.5. The minimum absolute atomic E-state index is 0.684. The Kier molecular flexibility index (Phi) is 11.0. The molecule has 0 aromatic rings. The molecule has 1 atom stereocenters. The first kappa shape index (κ1) is 21.5. The molecule has 2 heterocycles. The van der Waals surface area contributed by atoms with Gasteiger partial charge in [-0.15, -0.1) is 0 Å². The van der Waals surface area contributed by atoms with Gasteiger partial charge in [-0.05, 0) is 57.4 Å². The number of ether oxygens (including phenoxy) is 2. The number of hydrogen-bond donors (Lipinski definition) is 2. The molecule has 0 aliphatic carbocycles. The van der Waals surface area contributed by atoms with Crippen LogP contribution in [0.3, 0.4) is 0 Å². The zero-order valence-corrected chi connectivity index (χ0v) is 17.0. The van der Waals surface area contributed by atoms with Crippen LogP contribution in [0.2, 0.25) is 0 Å². The lowest BCUT2D eigenvalue weighted by Gasteiger charge is -2.30. The minimum atomic E-state index is 0.684. The van der Waals surface area contributed by atoms with Crippen LogP contribution >= 0.6 is 0 Å². The first-order chi connectivity index (χ1) is 12.8. The summed E-state index contributed by atoms with van der Waals surface area (Å²) < 4.78 is 11.2.